The number of nitrogens with two attached hydrogens (primary N) is 1. The van der Waals surface area contributed by atoms with Crippen molar-refractivity contribution in [2.45, 2.75) is 6.42 Å². The Hall–Kier alpha value is -2.28. The summed E-state index contributed by atoms with van der Waals surface area (Å²) in [6.45, 7) is 1.39. The molecule has 7 nitrogen and oxygen atoms in total. The van der Waals surface area contributed by atoms with Gasteiger partial charge in [-0.05, 0) is 18.2 Å². The molecular formula is C15H21N3O4. The lowest BCUT2D eigenvalue weighted by atomic mass is 10.1. The van der Waals surface area contributed by atoms with Gasteiger partial charge in [-0.25, -0.2) is 0 Å². The smallest absolute Gasteiger partial charge is 0.229 e. The molecule has 0 radical (unpaired) electrons. The molecule has 22 heavy (non-hydrogen) atoms. The van der Waals surface area contributed by atoms with Crippen LogP contribution in [0.5, 0.6) is 5.75 Å². The number of likely N-dealkylation sites (tertiary alicyclic amines) is 1. The standard InChI is InChI=1S/C15H21N3O4/c1-21-6-5-18-9-10(7-14(18)19)15(20)17-11-3-4-13(22-2)12(16)8-11/h3-4,8,10H,5-7,9,16H2,1-2H3,(H,17,20). The van der Waals surface area contributed by atoms with Gasteiger partial charge in [0.05, 0.1) is 25.3 Å². The number of hydrogen-bond acceptors (Lipinski definition) is 5. The van der Waals surface area contributed by atoms with Crippen molar-refractivity contribution in [2.75, 3.05) is 45.0 Å². The Labute approximate surface area is 129 Å². The molecule has 1 aliphatic heterocycles. The van der Waals surface area contributed by atoms with Crippen molar-refractivity contribution >= 4 is 23.2 Å². The maximum atomic E-state index is 12.3. The average Bonchev–Trinajstić information content (AvgIpc) is 2.86. The van der Waals surface area contributed by atoms with Gasteiger partial charge in [-0.3, -0.25) is 9.59 Å². The fourth-order valence-electron chi connectivity index (χ4n) is 2.42. The lowest BCUT2D eigenvalue weighted by Crippen LogP contribution is -2.30. The second-order valence-corrected chi connectivity index (χ2v) is 5.18. The van der Waals surface area contributed by atoms with Crippen molar-refractivity contribution in [1.29, 1.82) is 0 Å². The van der Waals surface area contributed by atoms with Crippen molar-refractivity contribution in [3.63, 3.8) is 0 Å². The van der Waals surface area contributed by atoms with Crippen molar-refractivity contribution in [1.82, 2.24) is 4.90 Å². The third-order valence-electron chi connectivity index (χ3n) is 3.65. The third-order valence-corrected chi connectivity index (χ3v) is 3.65. The summed E-state index contributed by atoms with van der Waals surface area (Å²) in [5.41, 5.74) is 6.85. The lowest BCUT2D eigenvalue weighted by Gasteiger charge is -2.16. The van der Waals surface area contributed by atoms with Crippen LogP contribution in [0.1, 0.15) is 6.42 Å². The van der Waals surface area contributed by atoms with E-state index >= 15 is 0 Å². The molecule has 0 bridgehead atoms. The average molecular weight is 307 g/mol. The molecule has 1 saturated heterocycles. The van der Waals surface area contributed by atoms with Crippen LogP contribution in [-0.2, 0) is 14.3 Å². The van der Waals surface area contributed by atoms with Gasteiger partial charge < -0.3 is 25.4 Å². The lowest BCUT2D eigenvalue weighted by molar-refractivity contribution is -0.128. The predicted molar refractivity (Wildman–Crippen MR) is 82.6 cm³/mol. The van der Waals surface area contributed by atoms with E-state index in [9.17, 15) is 9.59 Å². The minimum absolute atomic E-state index is 0.0218. The van der Waals surface area contributed by atoms with E-state index in [4.69, 9.17) is 15.2 Å². The van der Waals surface area contributed by atoms with Crippen LogP contribution in [0.25, 0.3) is 0 Å². The van der Waals surface area contributed by atoms with E-state index < -0.39 is 0 Å². The van der Waals surface area contributed by atoms with Gasteiger partial charge in [-0.15, -0.1) is 0 Å². The highest BCUT2D eigenvalue weighted by Gasteiger charge is 2.34. The van der Waals surface area contributed by atoms with Crippen LogP contribution in [0.4, 0.5) is 11.4 Å². The van der Waals surface area contributed by atoms with E-state index in [2.05, 4.69) is 5.32 Å². The number of rotatable bonds is 6. The Morgan fingerprint density at radius 1 is 1.45 bits per heavy atom. The van der Waals surface area contributed by atoms with Gasteiger partial charge in [-0.2, -0.15) is 0 Å². The Kier molecular flexibility index (Phi) is 5.21. The van der Waals surface area contributed by atoms with E-state index in [-0.39, 0.29) is 24.2 Å². The molecule has 2 amide bonds. The summed E-state index contributed by atoms with van der Waals surface area (Å²) in [5.74, 6) is -0.00301. The fraction of sp³-hybridized carbons (Fsp3) is 0.467. The fourth-order valence-corrected chi connectivity index (χ4v) is 2.42. The Bertz CT molecular complexity index is 562. The summed E-state index contributed by atoms with van der Waals surface area (Å²) in [6.07, 6.45) is 0.223. The number of nitrogens with one attached hydrogen (secondary N) is 1. The molecule has 1 aromatic rings. The topological polar surface area (TPSA) is 93.9 Å². The van der Waals surface area contributed by atoms with Crippen molar-refractivity contribution in [2.24, 2.45) is 5.92 Å². The van der Waals surface area contributed by atoms with Crippen molar-refractivity contribution < 1.29 is 19.1 Å². The summed E-state index contributed by atoms with van der Waals surface area (Å²) in [5, 5.41) is 2.79. The Morgan fingerprint density at radius 2 is 2.23 bits per heavy atom. The minimum Gasteiger partial charge on any atom is -0.495 e. The normalized spacial score (nSPS) is 17.6. The van der Waals surface area contributed by atoms with Crippen LogP contribution >= 0.6 is 0 Å². The monoisotopic (exact) mass is 307 g/mol. The van der Waals surface area contributed by atoms with Crippen molar-refractivity contribution in [3.05, 3.63) is 18.2 Å². The van der Waals surface area contributed by atoms with Crippen LogP contribution in [0, 0.1) is 5.92 Å². The van der Waals surface area contributed by atoms with Crippen molar-refractivity contribution in [3.8, 4) is 5.75 Å². The highest BCUT2D eigenvalue weighted by molar-refractivity contribution is 5.97. The summed E-state index contributed by atoms with van der Waals surface area (Å²) in [6, 6.07) is 5.04. The van der Waals surface area contributed by atoms with Gasteiger partial charge in [0, 0.05) is 32.3 Å². The van der Waals surface area contributed by atoms with Crippen LogP contribution in [0.2, 0.25) is 0 Å². The molecule has 0 spiro atoms. The number of hydrogen-bond donors (Lipinski definition) is 2. The predicted octanol–water partition coefficient (Wildman–Crippen LogP) is 0.711. The summed E-state index contributed by atoms with van der Waals surface area (Å²) in [4.78, 5) is 25.7. The quantitative estimate of drug-likeness (QED) is 0.755. The number of benzene rings is 1. The van der Waals surface area contributed by atoms with E-state index in [1.807, 2.05) is 0 Å². The first-order chi connectivity index (χ1) is 10.5. The minimum atomic E-state index is -0.354. The molecule has 0 saturated carbocycles. The van der Waals surface area contributed by atoms with E-state index in [1.165, 1.54) is 7.11 Å². The summed E-state index contributed by atoms with van der Waals surface area (Å²) >= 11 is 0. The molecule has 1 aliphatic rings. The second kappa shape index (κ2) is 7.13. The maximum absolute atomic E-state index is 12.3. The molecule has 1 heterocycles. The first-order valence-corrected chi connectivity index (χ1v) is 7.06. The van der Waals surface area contributed by atoms with Gasteiger partial charge >= 0.3 is 0 Å². The molecule has 3 N–H and O–H groups in total. The largest absolute Gasteiger partial charge is 0.495 e. The molecule has 1 fully saturated rings. The van der Waals surface area contributed by atoms with Gasteiger partial charge in [0.25, 0.3) is 0 Å². The zero-order valence-electron chi connectivity index (χ0n) is 12.8. The van der Waals surface area contributed by atoms with Crippen LogP contribution < -0.4 is 15.8 Å². The number of ether oxygens (including phenoxy) is 2. The molecule has 1 aromatic carbocycles. The van der Waals surface area contributed by atoms with Crippen LogP contribution in [0.3, 0.4) is 0 Å². The van der Waals surface area contributed by atoms with E-state index in [1.54, 1.807) is 30.2 Å². The molecule has 120 valence electrons. The number of carbonyl (C=O) groups excluding carboxylic acids is 2. The number of nitrogens with zero attached hydrogens (tertiary/aromatic N) is 1. The third kappa shape index (κ3) is 3.67. The molecule has 1 unspecified atom stereocenters. The Morgan fingerprint density at radius 3 is 2.86 bits per heavy atom. The highest BCUT2D eigenvalue weighted by Crippen LogP contribution is 2.26. The van der Waals surface area contributed by atoms with Crippen LogP contribution in [0.15, 0.2) is 18.2 Å². The number of amides is 2. The number of carbonyl (C=O) groups is 2. The van der Waals surface area contributed by atoms with E-state index in [0.717, 1.165) is 0 Å². The zero-order valence-corrected chi connectivity index (χ0v) is 12.8. The summed E-state index contributed by atoms with van der Waals surface area (Å²) in [7, 11) is 3.11. The van der Waals surface area contributed by atoms with Gasteiger partial charge in [-0.1, -0.05) is 0 Å². The Balaban J connectivity index is 1.95. The van der Waals surface area contributed by atoms with Gasteiger partial charge in [0.1, 0.15) is 5.75 Å². The molecule has 0 aromatic heterocycles. The number of methoxy groups -OCH3 is 2. The van der Waals surface area contributed by atoms with E-state index in [0.29, 0.717) is 36.8 Å². The molecule has 2 rings (SSSR count). The van der Waals surface area contributed by atoms with Gasteiger partial charge in [0.2, 0.25) is 11.8 Å². The maximum Gasteiger partial charge on any atom is 0.229 e. The summed E-state index contributed by atoms with van der Waals surface area (Å²) < 4.78 is 10.0. The number of nitrogen functional groups attached to an aromatic ring is 1. The first-order valence-electron chi connectivity index (χ1n) is 7.06. The molecule has 0 aliphatic carbocycles. The first kappa shape index (κ1) is 16.1. The molecule has 7 heteroatoms. The second-order valence-electron chi connectivity index (χ2n) is 5.18. The van der Waals surface area contributed by atoms with Crippen LogP contribution in [-0.4, -0.2) is 50.6 Å². The SMILES string of the molecule is COCCN1CC(C(=O)Nc2ccc(OC)c(N)c2)CC1=O. The highest BCUT2D eigenvalue weighted by atomic mass is 16.5. The molecule has 1 atom stereocenters. The van der Waals surface area contributed by atoms with Gasteiger partial charge in [0.15, 0.2) is 0 Å². The zero-order chi connectivity index (χ0) is 16.1. The molecular weight excluding hydrogens is 286 g/mol. The number of anilines is 2.